The van der Waals surface area contributed by atoms with E-state index in [-0.39, 0.29) is 19.6 Å². The molecule has 0 amide bonds. The number of aliphatic hydroxyl groups is 5. The van der Waals surface area contributed by atoms with Crippen LogP contribution in [-0.4, -0.2) is 112 Å². The summed E-state index contributed by atoms with van der Waals surface area (Å²) in [4.78, 5) is 25.9. The third-order valence-electron chi connectivity index (χ3n) is 7.92. The Kier molecular flexibility index (Phi) is 12.4. The summed E-state index contributed by atoms with van der Waals surface area (Å²) in [6, 6.07) is 1.08. The summed E-state index contributed by atoms with van der Waals surface area (Å²) in [6.07, 6.45) is -0.432. The standard InChI is InChI=1S/C27H44N6O10/c28-14-18-20(36)23(39)26(42-18)41-17(24-21(37)22(38)25(43-24)33-11-9-19(35)29-27(33)40)13-16-15-32(31-30-16)10-7-5-3-1-2-4-6-8-12-34/h9,11,15,17-18,20-26,34,36-39H,1-8,10,12-14,28H2,(H,29,35,40)/t17-,18+,20+,21-,22+,23+,24+,25+,26+/m0/s1. The fraction of sp³-hybridized carbons (Fsp3) is 0.778. The second-order valence-corrected chi connectivity index (χ2v) is 11.2. The first-order valence-corrected chi connectivity index (χ1v) is 14.9. The van der Waals surface area contributed by atoms with Crippen molar-refractivity contribution in [1.82, 2.24) is 24.5 Å². The number of nitrogens with one attached hydrogen (secondary N) is 1. The molecule has 2 aliphatic heterocycles. The molecule has 0 unspecified atom stereocenters. The topological polar surface area (TPSA) is 240 Å². The van der Waals surface area contributed by atoms with Crippen molar-refractivity contribution in [3.05, 3.63) is 45.0 Å². The highest BCUT2D eigenvalue weighted by Crippen LogP contribution is 2.34. The van der Waals surface area contributed by atoms with Crippen molar-refractivity contribution in [2.24, 2.45) is 5.73 Å². The number of ether oxygens (including phenoxy) is 3. The monoisotopic (exact) mass is 612 g/mol. The predicted molar refractivity (Wildman–Crippen MR) is 150 cm³/mol. The lowest BCUT2D eigenvalue weighted by Crippen LogP contribution is -2.45. The number of rotatable bonds is 17. The molecule has 0 radical (unpaired) electrons. The summed E-state index contributed by atoms with van der Waals surface area (Å²) < 4.78 is 20.2. The van der Waals surface area contributed by atoms with Crippen LogP contribution >= 0.6 is 0 Å². The molecule has 2 aromatic heterocycles. The Morgan fingerprint density at radius 2 is 1.65 bits per heavy atom. The van der Waals surface area contributed by atoms with Crippen LogP contribution in [0.5, 0.6) is 0 Å². The summed E-state index contributed by atoms with van der Waals surface area (Å²) in [5.74, 6) is 0. The number of nitrogens with two attached hydrogens (primary N) is 1. The van der Waals surface area contributed by atoms with Gasteiger partial charge in [0.15, 0.2) is 12.5 Å². The van der Waals surface area contributed by atoms with Crippen molar-refractivity contribution in [3.63, 3.8) is 0 Å². The lowest BCUT2D eigenvalue weighted by molar-refractivity contribution is -0.220. The van der Waals surface area contributed by atoms with E-state index in [1.54, 1.807) is 10.9 Å². The van der Waals surface area contributed by atoms with Gasteiger partial charge in [-0.25, -0.2) is 4.79 Å². The van der Waals surface area contributed by atoms with Gasteiger partial charge >= 0.3 is 5.69 Å². The highest BCUT2D eigenvalue weighted by atomic mass is 16.7. The highest BCUT2D eigenvalue weighted by molar-refractivity contribution is 5.02. The number of H-pyrrole nitrogens is 1. The zero-order chi connectivity index (χ0) is 30.9. The molecule has 9 atom stereocenters. The summed E-state index contributed by atoms with van der Waals surface area (Å²) >= 11 is 0. The Bertz CT molecular complexity index is 1240. The second kappa shape index (κ2) is 16.0. The van der Waals surface area contributed by atoms with Crippen LogP contribution < -0.4 is 17.0 Å². The number of unbranched alkanes of at least 4 members (excludes halogenated alkanes) is 7. The molecule has 0 spiro atoms. The molecule has 8 N–H and O–H groups in total. The van der Waals surface area contributed by atoms with Crippen LogP contribution in [0.25, 0.3) is 0 Å². The van der Waals surface area contributed by atoms with Crippen LogP contribution in [-0.2, 0) is 27.2 Å². The van der Waals surface area contributed by atoms with Gasteiger partial charge in [0, 0.05) is 44.6 Å². The molecule has 0 saturated carbocycles. The lowest BCUT2D eigenvalue weighted by Gasteiger charge is -2.29. The van der Waals surface area contributed by atoms with Crippen molar-refractivity contribution in [2.75, 3.05) is 13.2 Å². The van der Waals surface area contributed by atoms with Crippen LogP contribution in [0, 0.1) is 0 Å². The van der Waals surface area contributed by atoms with Crippen LogP contribution in [0.4, 0.5) is 0 Å². The summed E-state index contributed by atoms with van der Waals surface area (Å²) in [5, 5.41) is 59.8. The maximum Gasteiger partial charge on any atom is 0.330 e. The molecule has 2 aromatic rings. The van der Waals surface area contributed by atoms with Gasteiger partial charge in [0.1, 0.15) is 36.6 Å². The number of aryl methyl sites for hydroxylation is 1. The maximum absolute atomic E-state index is 12.4. The Labute approximate surface area is 248 Å². The van der Waals surface area contributed by atoms with Crippen LogP contribution in [0.3, 0.4) is 0 Å². The molecule has 0 aromatic carbocycles. The Morgan fingerprint density at radius 3 is 2.30 bits per heavy atom. The van der Waals surface area contributed by atoms with E-state index in [4.69, 9.17) is 25.1 Å². The average molecular weight is 613 g/mol. The van der Waals surface area contributed by atoms with Crippen molar-refractivity contribution >= 4 is 0 Å². The molecule has 43 heavy (non-hydrogen) atoms. The van der Waals surface area contributed by atoms with Crippen molar-refractivity contribution < 1.29 is 39.7 Å². The molecule has 2 saturated heterocycles. The number of hydrogen-bond acceptors (Lipinski definition) is 13. The van der Waals surface area contributed by atoms with Crippen LogP contribution in [0.2, 0.25) is 0 Å². The van der Waals surface area contributed by atoms with E-state index in [1.165, 1.54) is 0 Å². The quantitative estimate of drug-likeness (QED) is 0.0948. The first-order valence-electron chi connectivity index (χ1n) is 14.9. The Hall–Kier alpha value is -2.54. The van der Waals surface area contributed by atoms with Gasteiger partial charge in [0.25, 0.3) is 5.56 Å². The van der Waals surface area contributed by atoms with Crippen LogP contribution in [0.15, 0.2) is 28.0 Å². The van der Waals surface area contributed by atoms with E-state index in [9.17, 15) is 30.0 Å². The molecule has 2 fully saturated rings. The first kappa shape index (κ1) is 33.4. The van der Waals surface area contributed by atoms with E-state index in [0.29, 0.717) is 12.2 Å². The SMILES string of the molecule is NC[C@H]1O[C@@H](O[C@@H](Cc2cn(CCCCCCCCCCO)nn2)[C@H]2O[C@@H](n3ccc(=O)[nH]c3=O)[C@H](O)[C@@H]2O)[C@H](O)[C@@H]1O. The average Bonchev–Trinajstić information content (AvgIpc) is 3.64. The fourth-order valence-corrected chi connectivity index (χ4v) is 5.48. The smallest absolute Gasteiger partial charge is 0.330 e. The van der Waals surface area contributed by atoms with Crippen LogP contribution in [0.1, 0.15) is 63.3 Å². The molecule has 0 bridgehead atoms. The van der Waals surface area contributed by atoms with E-state index < -0.39 is 66.5 Å². The van der Waals surface area contributed by atoms with Gasteiger partial charge in [-0.15, -0.1) is 5.10 Å². The largest absolute Gasteiger partial charge is 0.396 e. The van der Waals surface area contributed by atoms with Gasteiger partial charge in [0.2, 0.25) is 0 Å². The zero-order valence-electron chi connectivity index (χ0n) is 24.1. The Balaban J connectivity index is 1.41. The normalized spacial score (nSPS) is 29.8. The molecule has 16 nitrogen and oxygen atoms in total. The summed E-state index contributed by atoms with van der Waals surface area (Å²) in [6.45, 7) is 0.825. The minimum atomic E-state index is -1.57. The maximum atomic E-state index is 12.4. The molecular formula is C27H44N6O10. The number of aromatic amines is 1. The molecule has 16 heteroatoms. The Morgan fingerprint density at radius 1 is 0.953 bits per heavy atom. The van der Waals surface area contributed by atoms with E-state index in [1.807, 2.05) is 0 Å². The van der Waals surface area contributed by atoms with Crippen molar-refractivity contribution in [3.8, 4) is 0 Å². The number of aliphatic hydroxyl groups excluding tert-OH is 5. The highest BCUT2D eigenvalue weighted by Gasteiger charge is 2.51. The van der Waals surface area contributed by atoms with Gasteiger partial charge in [0.05, 0.1) is 11.8 Å². The zero-order valence-corrected chi connectivity index (χ0v) is 24.1. The number of hydrogen-bond donors (Lipinski definition) is 7. The van der Waals surface area contributed by atoms with Crippen molar-refractivity contribution in [1.29, 1.82) is 0 Å². The lowest BCUT2D eigenvalue weighted by atomic mass is 10.0. The number of nitrogens with zero attached hydrogens (tertiary/aromatic N) is 4. The molecular weight excluding hydrogens is 568 g/mol. The van der Waals surface area contributed by atoms with Gasteiger partial charge in [-0.05, 0) is 12.8 Å². The molecule has 4 rings (SSSR count). The summed E-state index contributed by atoms with van der Waals surface area (Å²) in [5.41, 5.74) is 4.64. The number of aromatic nitrogens is 5. The van der Waals surface area contributed by atoms with Gasteiger partial charge in [-0.2, -0.15) is 0 Å². The third-order valence-corrected chi connectivity index (χ3v) is 7.92. The van der Waals surface area contributed by atoms with E-state index >= 15 is 0 Å². The minimum absolute atomic E-state index is 0.0193. The summed E-state index contributed by atoms with van der Waals surface area (Å²) in [7, 11) is 0. The van der Waals surface area contributed by atoms with E-state index in [0.717, 1.165) is 68.2 Å². The minimum Gasteiger partial charge on any atom is -0.396 e. The third kappa shape index (κ3) is 8.55. The van der Waals surface area contributed by atoms with Gasteiger partial charge in [-0.1, -0.05) is 43.7 Å². The van der Waals surface area contributed by atoms with Crippen molar-refractivity contribution in [2.45, 2.75) is 120 Å². The molecule has 242 valence electrons. The van der Waals surface area contributed by atoms with Gasteiger partial charge in [-0.3, -0.25) is 19.0 Å². The molecule has 2 aliphatic rings. The molecule has 4 heterocycles. The molecule has 0 aliphatic carbocycles. The second-order valence-electron chi connectivity index (χ2n) is 11.2. The fourth-order valence-electron chi connectivity index (χ4n) is 5.48. The predicted octanol–water partition coefficient (Wildman–Crippen LogP) is -2.11. The van der Waals surface area contributed by atoms with E-state index in [2.05, 4.69) is 15.3 Å². The van der Waals surface area contributed by atoms with Gasteiger partial charge < -0.3 is 45.5 Å². The first-order chi connectivity index (χ1) is 20.7.